The normalized spacial score (nSPS) is 35.1. The highest BCUT2D eigenvalue weighted by atomic mass is 16.5. The van der Waals surface area contributed by atoms with Gasteiger partial charge < -0.3 is 9.64 Å². The quantitative estimate of drug-likeness (QED) is 0.571. The van der Waals surface area contributed by atoms with Crippen molar-refractivity contribution in [2.24, 2.45) is 17.8 Å². The van der Waals surface area contributed by atoms with E-state index in [1.54, 1.807) is 0 Å². The zero-order valence-corrected chi connectivity index (χ0v) is 13.4. The Balaban J connectivity index is 1.71. The van der Waals surface area contributed by atoms with E-state index in [1.807, 2.05) is 6.92 Å². The Morgan fingerprint density at radius 1 is 1.15 bits per heavy atom. The smallest absolute Gasteiger partial charge is 0.309 e. The molecule has 2 aliphatic rings. The van der Waals surface area contributed by atoms with E-state index in [9.17, 15) is 4.79 Å². The largest absolute Gasteiger partial charge is 0.462 e. The standard InChI is InChI=1S/C17H31NO2/c1-13-11-16(20-17(13)19)12-15-6-4-5-14(7-8-15)9-10-18(2)3/h13-16H,4-12H2,1-3H3. The number of nitrogens with zero attached hydrogens (tertiary/aromatic N) is 1. The molecule has 0 aromatic rings. The molecule has 1 heterocycles. The predicted octanol–water partition coefficient (Wildman–Crippen LogP) is 3.48. The lowest BCUT2D eigenvalue weighted by Crippen LogP contribution is -2.16. The van der Waals surface area contributed by atoms with E-state index in [0.29, 0.717) is 0 Å². The highest BCUT2D eigenvalue weighted by molar-refractivity contribution is 5.74. The van der Waals surface area contributed by atoms with Crippen LogP contribution in [0.25, 0.3) is 0 Å². The molecule has 4 unspecified atom stereocenters. The van der Waals surface area contributed by atoms with Crippen LogP contribution in [-0.4, -0.2) is 37.6 Å². The van der Waals surface area contributed by atoms with Gasteiger partial charge in [-0.3, -0.25) is 4.79 Å². The van der Waals surface area contributed by atoms with E-state index in [2.05, 4.69) is 19.0 Å². The number of carbonyl (C=O) groups excluding carboxylic acids is 1. The third kappa shape index (κ3) is 4.76. The van der Waals surface area contributed by atoms with Crippen molar-refractivity contribution in [2.75, 3.05) is 20.6 Å². The molecular weight excluding hydrogens is 250 g/mol. The molecule has 20 heavy (non-hydrogen) atoms. The number of carbonyl (C=O) groups is 1. The fraction of sp³-hybridized carbons (Fsp3) is 0.941. The fourth-order valence-electron chi connectivity index (χ4n) is 3.76. The van der Waals surface area contributed by atoms with Crippen LogP contribution in [0.4, 0.5) is 0 Å². The highest BCUT2D eigenvalue weighted by Gasteiger charge is 2.33. The van der Waals surface area contributed by atoms with E-state index in [-0.39, 0.29) is 18.0 Å². The van der Waals surface area contributed by atoms with Crippen LogP contribution in [0.5, 0.6) is 0 Å². The molecule has 2 fully saturated rings. The number of hydrogen-bond donors (Lipinski definition) is 0. The maximum Gasteiger partial charge on any atom is 0.309 e. The third-order valence-electron chi connectivity index (χ3n) is 5.09. The summed E-state index contributed by atoms with van der Waals surface area (Å²) in [6.07, 6.45) is 10.4. The van der Waals surface area contributed by atoms with Gasteiger partial charge in [0.1, 0.15) is 6.10 Å². The Kier molecular flexibility index (Phi) is 5.88. The Morgan fingerprint density at radius 3 is 2.50 bits per heavy atom. The molecule has 0 spiro atoms. The summed E-state index contributed by atoms with van der Waals surface area (Å²) >= 11 is 0. The Labute approximate surface area is 124 Å². The number of ether oxygens (including phenoxy) is 1. The minimum absolute atomic E-state index is 0.0208. The van der Waals surface area contributed by atoms with Crippen LogP contribution in [0.1, 0.15) is 58.3 Å². The van der Waals surface area contributed by atoms with Crippen LogP contribution >= 0.6 is 0 Å². The molecule has 1 aliphatic carbocycles. The van der Waals surface area contributed by atoms with Crippen molar-refractivity contribution in [2.45, 2.75) is 64.4 Å². The van der Waals surface area contributed by atoms with Crippen LogP contribution in [0.3, 0.4) is 0 Å². The number of rotatable bonds is 5. The maximum atomic E-state index is 11.5. The molecule has 1 aliphatic heterocycles. The maximum absolute atomic E-state index is 11.5. The van der Waals surface area contributed by atoms with Crippen LogP contribution in [0.15, 0.2) is 0 Å². The second-order valence-corrected chi connectivity index (χ2v) is 7.26. The molecule has 2 rings (SSSR count). The van der Waals surface area contributed by atoms with Gasteiger partial charge in [0.05, 0.1) is 5.92 Å². The van der Waals surface area contributed by atoms with Crippen LogP contribution in [0.2, 0.25) is 0 Å². The molecule has 1 saturated heterocycles. The lowest BCUT2D eigenvalue weighted by Gasteiger charge is -2.19. The summed E-state index contributed by atoms with van der Waals surface area (Å²) in [7, 11) is 4.32. The average Bonchev–Trinajstić information content (AvgIpc) is 2.60. The van der Waals surface area contributed by atoms with E-state index < -0.39 is 0 Å². The molecule has 0 aromatic heterocycles. The predicted molar refractivity (Wildman–Crippen MR) is 81.5 cm³/mol. The lowest BCUT2D eigenvalue weighted by atomic mass is 9.90. The second-order valence-electron chi connectivity index (χ2n) is 7.26. The van der Waals surface area contributed by atoms with Crippen LogP contribution in [0, 0.1) is 17.8 Å². The van der Waals surface area contributed by atoms with Crippen molar-refractivity contribution < 1.29 is 9.53 Å². The van der Waals surface area contributed by atoms with Crippen LogP contribution in [-0.2, 0) is 9.53 Å². The molecule has 116 valence electrons. The van der Waals surface area contributed by atoms with E-state index >= 15 is 0 Å². The van der Waals surface area contributed by atoms with Crippen molar-refractivity contribution in [3.8, 4) is 0 Å². The summed E-state index contributed by atoms with van der Waals surface area (Å²) in [6.45, 7) is 3.21. The van der Waals surface area contributed by atoms with Crippen molar-refractivity contribution >= 4 is 5.97 Å². The second kappa shape index (κ2) is 7.44. The Morgan fingerprint density at radius 2 is 1.85 bits per heavy atom. The lowest BCUT2D eigenvalue weighted by molar-refractivity contribution is -0.144. The van der Waals surface area contributed by atoms with E-state index in [4.69, 9.17) is 4.74 Å². The Bertz CT molecular complexity index is 316. The first-order chi connectivity index (χ1) is 9.54. The van der Waals surface area contributed by atoms with Crippen molar-refractivity contribution in [1.29, 1.82) is 0 Å². The highest BCUT2D eigenvalue weighted by Crippen LogP contribution is 2.34. The number of hydrogen-bond acceptors (Lipinski definition) is 3. The van der Waals surface area contributed by atoms with Gasteiger partial charge in [-0.15, -0.1) is 0 Å². The van der Waals surface area contributed by atoms with Gasteiger partial charge in [-0.2, -0.15) is 0 Å². The molecule has 3 nitrogen and oxygen atoms in total. The molecular formula is C17H31NO2. The monoisotopic (exact) mass is 281 g/mol. The molecule has 0 aromatic carbocycles. The van der Waals surface area contributed by atoms with E-state index in [1.165, 1.54) is 45.1 Å². The zero-order chi connectivity index (χ0) is 14.5. The summed E-state index contributed by atoms with van der Waals surface area (Å²) < 4.78 is 5.48. The van der Waals surface area contributed by atoms with Crippen molar-refractivity contribution in [1.82, 2.24) is 4.90 Å². The number of cyclic esters (lactones) is 1. The fourth-order valence-corrected chi connectivity index (χ4v) is 3.76. The summed E-state index contributed by atoms with van der Waals surface area (Å²) in [6, 6.07) is 0. The van der Waals surface area contributed by atoms with Gasteiger partial charge in [-0.1, -0.05) is 39.0 Å². The average molecular weight is 281 g/mol. The van der Waals surface area contributed by atoms with Gasteiger partial charge in [0.15, 0.2) is 0 Å². The van der Waals surface area contributed by atoms with Gasteiger partial charge in [-0.05, 0) is 51.7 Å². The molecule has 4 atom stereocenters. The Hall–Kier alpha value is -0.570. The minimum Gasteiger partial charge on any atom is -0.462 e. The number of esters is 1. The topological polar surface area (TPSA) is 29.5 Å². The minimum atomic E-state index is 0.0208. The molecule has 3 heteroatoms. The van der Waals surface area contributed by atoms with Crippen LogP contribution < -0.4 is 0 Å². The van der Waals surface area contributed by atoms with Gasteiger partial charge in [0.25, 0.3) is 0 Å². The SMILES string of the molecule is CC1CC(CC2CCCC(CCN(C)C)CC2)OC1=O. The van der Waals surface area contributed by atoms with Gasteiger partial charge in [0, 0.05) is 0 Å². The molecule has 0 amide bonds. The van der Waals surface area contributed by atoms with Gasteiger partial charge in [0.2, 0.25) is 0 Å². The first-order valence-corrected chi connectivity index (χ1v) is 8.39. The van der Waals surface area contributed by atoms with E-state index in [0.717, 1.165) is 24.7 Å². The summed E-state index contributed by atoms with van der Waals surface area (Å²) in [5.74, 6) is 1.83. The molecule has 1 saturated carbocycles. The van der Waals surface area contributed by atoms with Gasteiger partial charge >= 0.3 is 5.97 Å². The van der Waals surface area contributed by atoms with Crippen molar-refractivity contribution in [3.63, 3.8) is 0 Å². The first kappa shape index (κ1) is 15.8. The first-order valence-electron chi connectivity index (χ1n) is 8.39. The van der Waals surface area contributed by atoms with Gasteiger partial charge in [-0.25, -0.2) is 0 Å². The third-order valence-corrected chi connectivity index (χ3v) is 5.09. The summed E-state index contributed by atoms with van der Waals surface area (Å²) in [5, 5.41) is 0. The molecule has 0 radical (unpaired) electrons. The summed E-state index contributed by atoms with van der Waals surface area (Å²) in [5.41, 5.74) is 0. The zero-order valence-electron chi connectivity index (χ0n) is 13.4. The molecule has 0 bridgehead atoms. The van der Waals surface area contributed by atoms with Crippen molar-refractivity contribution in [3.05, 3.63) is 0 Å². The summed E-state index contributed by atoms with van der Waals surface area (Å²) in [4.78, 5) is 13.8. The molecule has 0 N–H and O–H groups in total.